The van der Waals surface area contributed by atoms with Crippen molar-refractivity contribution in [3.05, 3.63) is 23.8 Å². The summed E-state index contributed by atoms with van der Waals surface area (Å²) in [6.07, 6.45) is 9.65. The Labute approximate surface area is 131 Å². The summed E-state index contributed by atoms with van der Waals surface area (Å²) in [6, 6.07) is 0. The van der Waals surface area contributed by atoms with E-state index < -0.39 is 0 Å². The molecule has 22 heavy (non-hydrogen) atoms. The number of aromatic nitrogens is 2. The maximum absolute atomic E-state index is 8.36. The SMILES string of the molecule is COCc1ncc(CN2CC3CCCC(C3)C2)cn1.O=CO. The lowest BCUT2D eigenvalue weighted by atomic mass is 9.78. The predicted octanol–water partition coefficient (Wildman–Crippen LogP) is 1.95. The molecule has 6 heteroatoms. The average Bonchev–Trinajstić information content (AvgIpc) is 2.50. The van der Waals surface area contributed by atoms with Crippen LogP contribution in [0.5, 0.6) is 0 Å². The van der Waals surface area contributed by atoms with Gasteiger partial charge < -0.3 is 9.84 Å². The molecule has 2 aliphatic rings. The highest BCUT2D eigenvalue weighted by Gasteiger charge is 2.30. The van der Waals surface area contributed by atoms with Gasteiger partial charge in [-0.1, -0.05) is 6.42 Å². The van der Waals surface area contributed by atoms with E-state index in [9.17, 15) is 0 Å². The number of hydrogen-bond acceptors (Lipinski definition) is 5. The molecule has 0 spiro atoms. The topological polar surface area (TPSA) is 75.5 Å². The monoisotopic (exact) mass is 307 g/mol. The van der Waals surface area contributed by atoms with Gasteiger partial charge in [0.25, 0.3) is 6.47 Å². The van der Waals surface area contributed by atoms with Gasteiger partial charge in [-0.05, 0) is 31.1 Å². The number of piperidine rings is 1. The predicted molar refractivity (Wildman–Crippen MR) is 82.2 cm³/mol. The van der Waals surface area contributed by atoms with Crippen LogP contribution in [0.15, 0.2) is 12.4 Å². The van der Waals surface area contributed by atoms with E-state index in [2.05, 4.69) is 14.9 Å². The molecule has 2 unspecified atom stereocenters. The number of hydrogen-bond donors (Lipinski definition) is 1. The van der Waals surface area contributed by atoms with Crippen LogP contribution in [0, 0.1) is 11.8 Å². The van der Waals surface area contributed by atoms with Crippen LogP contribution in [-0.2, 0) is 22.7 Å². The minimum absolute atomic E-state index is 0.250. The van der Waals surface area contributed by atoms with Gasteiger partial charge in [0.15, 0.2) is 5.82 Å². The molecule has 2 atom stereocenters. The highest BCUT2D eigenvalue weighted by molar-refractivity contribution is 5.32. The lowest BCUT2D eigenvalue weighted by Crippen LogP contribution is -2.42. The van der Waals surface area contributed by atoms with Gasteiger partial charge in [-0.15, -0.1) is 0 Å². The van der Waals surface area contributed by atoms with E-state index in [-0.39, 0.29) is 6.47 Å². The summed E-state index contributed by atoms with van der Waals surface area (Å²) in [7, 11) is 1.67. The number of ether oxygens (including phenoxy) is 1. The molecule has 1 aromatic heterocycles. The van der Waals surface area contributed by atoms with Crippen LogP contribution in [0.4, 0.5) is 0 Å². The maximum atomic E-state index is 8.36. The Morgan fingerprint density at radius 1 is 1.32 bits per heavy atom. The summed E-state index contributed by atoms with van der Waals surface area (Å²) in [5.74, 6) is 2.63. The molecular weight excluding hydrogens is 282 g/mol. The number of fused-ring (bicyclic) bond motifs is 2. The third kappa shape index (κ3) is 5.03. The number of carboxylic acid groups (broad SMARTS) is 1. The number of likely N-dealkylation sites (tertiary alicyclic amines) is 1. The second-order valence-corrected chi connectivity index (χ2v) is 6.14. The van der Waals surface area contributed by atoms with Crippen molar-refractivity contribution in [1.29, 1.82) is 0 Å². The Bertz CT molecular complexity index is 440. The van der Waals surface area contributed by atoms with Crippen LogP contribution in [0.3, 0.4) is 0 Å². The van der Waals surface area contributed by atoms with E-state index in [1.807, 2.05) is 12.4 Å². The zero-order chi connectivity index (χ0) is 15.8. The van der Waals surface area contributed by atoms with Gasteiger partial charge in [-0.2, -0.15) is 0 Å². The highest BCUT2D eigenvalue weighted by Crippen LogP contribution is 2.34. The number of carbonyl (C=O) groups is 1. The van der Waals surface area contributed by atoms with Gasteiger partial charge in [-0.3, -0.25) is 9.69 Å². The number of rotatable bonds is 4. The van der Waals surface area contributed by atoms with Crippen molar-refractivity contribution in [2.24, 2.45) is 11.8 Å². The molecule has 1 saturated carbocycles. The fourth-order valence-corrected chi connectivity index (χ4v) is 3.59. The van der Waals surface area contributed by atoms with Crippen LogP contribution >= 0.6 is 0 Å². The van der Waals surface area contributed by atoms with E-state index in [0.29, 0.717) is 6.61 Å². The summed E-state index contributed by atoms with van der Waals surface area (Å²) >= 11 is 0. The molecule has 3 rings (SSSR count). The molecule has 6 nitrogen and oxygen atoms in total. The summed E-state index contributed by atoms with van der Waals surface area (Å²) in [5, 5.41) is 6.89. The minimum atomic E-state index is -0.250. The van der Waals surface area contributed by atoms with Crippen molar-refractivity contribution < 1.29 is 14.6 Å². The molecule has 1 aromatic rings. The van der Waals surface area contributed by atoms with Crippen molar-refractivity contribution in [2.75, 3.05) is 20.2 Å². The van der Waals surface area contributed by atoms with Gasteiger partial charge in [0.05, 0.1) is 0 Å². The van der Waals surface area contributed by atoms with Crippen molar-refractivity contribution in [1.82, 2.24) is 14.9 Å². The largest absolute Gasteiger partial charge is 0.483 e. The molecule has 1 aliphatic carbocycles. The van der Waals surface area contributed by atoms with Crippen LogP contribution in [0.1, 0.15) is 37.1 Å². The highest BCUT2D eigenvalue weighted by atomic mass is 16.5. The summed E-state index contributed by atoms with van der Waals surface area (Å²) in [4.78, 5) is 19.6. The first-order valence-corrected chi connectivity index (χ1v) is 7.84. The van der Waals surface area contributed by atoms with Crippen molar-refractivity contribution >= 4 is 6.47 Å². The van der Waals surface area contributed by atoms with E-state index >= 15 is 0 Å². The Balaban J connectivity index is 0.000000545. The third-order valence-corrected chi connectivity index (χ3v) is 4.36. The first-order chi connectivity index (χ1) is 10.7. The Hall–Kier alpha value is -1.53. The molecule has 2 heterocycles. The van der Waals surface area contributed by atoms with E-state index in [1.165, 1.54) is 44.3 Å². The molecular formula is C16H25N3O3. The second kappa shape index (κ2) is 8.80. The summed E-state index contributed by atoms with van der Waals surface area (Å²) in [6.45, 7) is 3.76. The smallest absolute Gasteiger partial charge is 0.290 e. The van der Waals surface area contributed by atoms with E-state index in [0.717, 1.165) is 24.2 Å². The van der Waals surface area contributed by atoms with Gasteiger partial charge in [0, 0.05) is 44.7 Å². The zero-order valence-corrected chi connectivity index (χ0v) is 13.1. The molecule has 0 amide bonds. The first-order valence-electron chi connectivity index (χ1n) is 7.84. The fourth-order valence-electron chi connectivity index (χ4n) is 3.59. The van der Waals surface area contributed by atoms with Gasteiger partial charge in [0.1, 0.15) is 6.61 Å². The zero-order valence-electron chi connectivity index (χ0n) is 13.1. The lowest BCUT2D eigenvalue weighted by Gasteiger charge is -2.41. The van der Waals surface area contributed by atoms with Crippen molar-refractivity contribution in [2.45, 2.75) is 38.8 Å². The Kier molecular flexibility index (Phi) is 6.74. The van der Waals surface area contributed by atoms with Crippen LogP contribution in [0.2, 0.25) is 0 Å². The Morgan fingerprint density at radius 3 is 2.45 bits per heavy atom. The third-order valence-electron chi connectivity index (χ3n) is 4.36. The Morgan fingerprint density at radius 2 is 1.91 bits per heavy atom. The van der Waals surface area contributed by atoms with Crippen LogP contribution in [-0.4, -0.2) is 46.6 Å². The fraction of sp³-hybridized carbons (Fsp3) is 0.688. The van der Waals surface area contributed by atoms with E-state index in [4.69, 9.17) is 14.6 Å². The first kappa shape index (κ1) is 16.8. The lowest BCUT2D eigenvalue weighted by molar-refractivity contribution is -0.122. The average molecular weight is 307 g/mol. The quantitative estimate of drug-likeness (QED) is 0.857. The van der Waals surface area contributed by atoms with Crippen molar-refractivity contribution in [3.8, 4) is 0 Å². The maximum Gasteiger partial charge on any atom is 0.290 e. The van der Waals surface area contributed by atoms with Gasteiger partial charge in [0.2, 0.25) is 0 Å². The molecule has 122 valence electrons. The summed E-state index contributed by atoms with van der Waals surface area (Å²) < 4.78 is 5.03. The number of methoxy groups -OCH3 is 1. The standard InChI is InChI=1S/C15H23N3O.CH2O2/c1-19-11-15-16-6-14(7-17-15)10-18-8-12-3-2-4-13(5-12)9-18;2-1-3/h6-7,12-13H,2-5,8-11H2,1H3;1H,(H,2,3). The molecule has 2 bridgehead atoms. The van der Waals surface area contributed by atoms with Gasteiger partial charge in [-0.25, -0.2) is 9.97 Å². The summed E-state index contributed by atoms with van der Waals surface area (Å²) in [5.41, 5.74) is 1.22. The molecule has 2 fully saturated rings. The van der Waals surface area contributed by atoms with Crippen LogP contribution < -0.4 is 0 Å². The molecule has 1 saturated heterocycles. The van der Waals surface area contributed by atoms with Gasteiger partial charge >= 0.3 is 0 Å². The van der Waals surface area contributed by atoms with Crippen molar-refractivity contribution in [3.63, 3.8) is 0 Å². The van der Waals surface area contributed by atoms with E-state index in [1.54, 1.807) is 7.11 Å². The molecule has 0 aromatic carbocycles. The molecule has 1 aliphatic heterocycles. The number of nitrogens with zero attached hydrogens (tertiary/aromatic N) is 3. The molecule has 1 N–H and O–H groups in total. The molecule has 0 radical (unpaired) electrons. The second-order valence-electron chi connectivity index (χ2n) is 6.14. The van der Waals surface area contributed by atoms with Crippen LogP contribution in [0.25, 0.3) is 0 Å². The minimum Gasteiger partial charge on any atom is -0.483 e. The normalized spacial score (nSPS) is 24.2.